The summed E-state index contributed by atoms with van der Waals surface area (Å²) in [5, 5.41) is 10.7. The molecule has 0 fully saturated rings. The van der Waals surface area contributed by atoms with Gasteiger partial charge in [0.1, 0.15) is 11.6 Å². The van der Waals surface area contributed by atoms with Crippen LogP contribution in [0, 0.1) is 6.92 Å². The molecule has 140 valence electrons. The summed E-state index contributed by atoms with van der Waals surface area (Å²) in [6.07, 6.45) is 1.48. The van der Waals surface area contributed by atoms with Gasteiger partial charge in [0.2, 0.25) is 5.91 Å². The Morgan fingerprint density at radius 1 is 1.30 bits per heavy atom. The highest BCUT2D eigenvalue weighted by Gasteiger charge is 2.30. The molecule has 0 bridgehead atoms. The Balaban J connectivity index is 1.49. The molecule has 1 atom stereocenters. The molecule has 0 radical (unpaired) electrons. The van der Waals surface area contributed by atoms with E-state index in [0.717, 1.165) is 18.1 Å². The van der Waals surface area contributed by atoms with Gasteiger partial charge in [0.15, 0.2) is 5.82 Å². The van der Waals surface area contributed by atoms with Gasteiger partial charge in [-0.1, -0.05) is 30.3 Å². The maximum Gasteiger partial charge on any atom is 0.280 e. The Kier molecular flexibility index (Phi) is 4.62. The predicted octanol–water partition coefficient (Wildman–Crippen LogP) is 1.63. The van der Waals surface area contributed by atoms with Gasteiger partial charge in [-0.05, 0) is 18.9 Å². The van der Waals surface area contributed by atoms with Crippen molar-refractivity contribution in [2.45, 2.75) is 38.8 Å². The van der Waals surface area contributed by atoms with Crippen LogP contribution >= 0.6 is 0 Å². The molecule has 4 rings (SSSR count). The number of nitrogens with zero attached hydrogens (tertiary/aromatic N) is 4. The van der Waals surface area contributed by atoms with Gasteiger partial charge in [-0.25, -0.2) is 0 Å². The average Bonchev–Trinajstić information content (AvgIpc) is 3.26. The Morgan fingerprint density at radius 3 is 2.85 bits per heavy atom. The van der Waals surface area contributed by atoms with Gasteiger partial charge in [0, 0.05) is 25.5 Å². The van der Waals surface area contributed by atoms with Crippen LogP contribution in [0.15, 0.2) is 45.7 Å². The number of fused-ring (bicyclic) bond motifs is 1. The van der Waals surface area contributed by atoms with Crippen molar-refractivity contribution in [2.75, 3.05) is 6.54 Å². The number of carbonyl (C=O) groups excluding carboxylic acids is 1. The van der Waals surface area contributed by atoms with Gasteiger partial charge >= 0.3 is 0 Å². The Morgan fingerprint density at radius 2 is 2.11 bits per heavy atom. The molecule has 1 N–H and O–H groups in total. The van der Waals surface area contributed by atoms with Crippen LogP contribution < -0.4 is 5.56 Å². The van der Waals surface area contributed by atoms with Crippen molar-refractivity contribution < 1.29 is 9.32 Å². The summed E-state index contributed by atoms with van der Waals surface area (Å²) < 4.78 is 7.17. The molecular weight excluding hydrogens is 346 g/mol. The Hall–Kier alpha value is -3.16. The Bertz CT molecular complexity index is 988. The van der Waals surface area contributed by atoms with Crippen LogP contribution in [0.5, 0.6) is 0 Å². The van der Waals surface area contributed by atoms with Crippen LogP contribution in [-0.2, 0) is 24.2 Å². The van der Waals surface area contributed by atoms with Gasteiger partial charge < -0.3 is 14.0 Å². The van der Waals surface area contributed by atoms with E-state index in [0.29, 0.717) is 25.3 Å². The lowest BCUT2D eigenvalue weighted by Gasteiger charge is -2.34. The van der Waals surface area contributed by atoms with Crippen LogP contribution in [-0.4, -0.2) is 37.3 Å². The third-order valence-corrected chi connectivity index (χ3v) is 4.89. The van der Waals surface area contributed by atoms with Crippen LogP contribution in [0.3, 0.4) is 0 Å². The summed E-state index contributed by atoms with van der Waals surface area (Å²) in [5.41, 5.74) is 0.923. The van der Waals surface area contributed by atoms with Crippen LogP contribution in [0.1, 0.15) is 35.4 Å². The second-order valence-electron chi connectivity index (χ2n) is 6.83. The van der Waals surface area contributed by atoms with Crippen molar-refractivity contribution in [1.29, 1.82) is 0 Å². The van der Waals surface area contributed by atoms with Gasteiger partial charge in [0.25, 0.3) is 5.56 Å². The molecule has 3 heterocycles. The fraction of sp³-hybridized carbons (Fsp3) is 0.368. The number of hydrogen-bond donors (Lipinski definition) is 1. The molecule has 8 nitrogen and oxygen atoms in total. The summed E-state index contributed by atoms with van der Waals surface area (Å²) >= 11 is 0. The number of amides is 1. The molecule has 0 saturated carbocycles. The number of aromatic amines is 1. The molecule has 1 aliphatic heterocycles. The SMILES string of the molecule is Cc1nnc2n1[C@H](Cc1ccccc1)CN(C(=O)CCc1cc(=O)[nH]o1)C2. The van der Waals surface area contributed by atoms with E-state index in [1.165, 1.54) is 11.6 Å². The van der Waals surface area contributed by atoms with Crippen molar-refractivity contribution in [1.82, 2.24) is 24.8 Å². The standard InChI is InChI=1S/C19H21N5O3/c1-13-20-21-17-12-23(19(26)8-7-16-10-18(25)22-27-16)11-15(24(13)17)9-14-5-3-2-4-6-14/h2-6,10,15H,7-9,11-12H2,1H3,(H,22,25)/t15-/m1/s1. The highest BCUT2D eigenvalue weighted by atomic mass is 16.5. The van der Waals surface area contributed by atoms with Crippen LogP contribution in [0.4, 0.5) is 0 Å². The number of nitrogens with one attached hydrogen (secondary N) is 1. The third-order valence-electron chi connectivity index (χ3n) is 4.89. The van der Waals surface area contributed by atoms with Crippen molar-refractivity contribution in [3.05, 3.63) is 69.7 Å². The third kappa shape index (κ3) is 3.69. The summed E-state index contributed by atoms with van der Waals surface area (Å²) in [7, 11) is 0. The van der Waals surface area contributed by atoms with Crippen molar-refractivity contribution in [3.63, 3.8) is 0 Å². The molecular formula is C19H21N5O3. The molecule has 0 aliphatic carbocycles. The highest BCUT2D eigenvalue weighted by Crippen LogP contribution is 2.25. The lowest BCUT2D eigenvalue weighted by molar-refractivity contribution is -0.133. The van der Waals surface area contributed by atoms with Crippen molar-refractivity contribution in [3.8, 4) is 0 Å². The van der Waals surface area contributed by atoms with Crippen LogP contribution in [0.25, 0.3) is 0 Å². The molecule has 0 saturated heterocycles. The first-order valence-corrected chi connectivity index (χ1v) is 8.99. The number of benzene rings is 1. The molecule has 2 aromatic heterocycles. The largest absolute Gasteiger partial charge is 0.384 e. The fourth-order valence-electron chi connectivity index (χ4n) is 3.63. The number of rotatable bonds is 5. The average molecular weight is 367 g/mol. The fourth-order valence-corrected chi connectivity index (χ4v) is 3.63. The number of carbonyl (C=O) groups is 1. The Labute approximate surface area is 155 Å². The summed E-state index contributed by atoms with van der Waals surface area (Å²) in [6.45, 7) is 3.00. The van der Waals surface area contributed by atoms with Gasteiger partial charge in [-0.2, -0.15) is 5.16 Å². The molecule has 1 aromatic carbocycles. The normalized spacial score (nSPS) is 16.3. The minimum absolute atomic E-state index is 0.0174. The molecule has 8 heteroatoms. The lowest BCUT2D eigenvalue weighted by atomic mass is 10.0. The predicted molar refractivity (Wildman–Crippen MR) is 97.0 cm³/mol. The molecule has 27 heavy (non-hydrogen) atoms. The first-order chi connectivity index (χ1) is 13.1. The quantitative estimate of drug-likeness (QED) is 0.739. The first kappa shape index (κ1) is 17.3. The molecule has 1 amide bonds. The van der Waals surface area contributed by atoms with E-state index < -0.39 is 0 Å². The molecule has 0 unspecified atom stereocenters. The maximum atomic E-state index is 12.7. The van der Waals surface area contributed by atoms with E-state index in [-0.39, 0.29) is 23.9 Å². The first-order valence-electron chi connectivity index (χ1n) is 8.99. The summed E-state index contributed by atoms with van der Waals surface area (Å²) in [6, 6.07) is 11.7. The number of hydrogen-bond acceptors (Lipinski definition) is 5. The zero-order chi connectivity index (χ0) is 18.8. The second kappa shape index (κ2) is 7.22. The lowest BCUT2D eigenvalue weighted by Crippen LogP contribution is -2.42. The van der Waals surface area contributed by atoms with Gasteiger partial charge in [0.05, 0.1) is 12.6 Å². The van der Waals surface area contributed by atoms with E-state index in [4.69, 9.17) is 4.52 Å². The topological polar surface area (TPSA) is 97.0 Å². The van der Waals surface area contributed by atoms with E-state index in [9.17, 15) is 9.59 Å². The van der Waals surface area contributed by atoms with E-state index in [1.807, 2.05) is 30.0 Å². The van der Waals surface area contributed by atoms with E-state index >= 15 is 0 Å². The van der Waals surface area contributed by atoms with Crippen molar-refractivity contribution >= 4 is 5.91 Å². The monoisotopic (exact) mass is 367 g/mol. The van der Waals surface area contributed by atoms with E-state index in [1.54, 1.807) is 0 Å². The second-order valence-corrected chi connectivity index (χ2v) is 6.83. The number of aryl methyl sites for hydroxylation is 2. The van der Waals surface area contributed by atoms with E-state index in [2.05, 4.69) is 32.1 Å². The molecule has 3 aromatic rings. The zero-order valence-electron chi connectivity index (χ0n) is 15.1. The minimum Gasteiger partial charge on any atom is -0.384 e. The number of aromatic nitrogens is 4. The zero-order valence-corrected chi connectivity index (χ0v) is 15.1. The number of H-pyrrole nitrogens is 1. The van der Waals surface area contributed by atoms with Crippen molar-refractivity contribution in [2.24, 2.45) is 0 Å². The van der Waals surface area contributed by atoms with Crippen LogP contribution in [0.2, 0.25) is 0 Å². The molecule has 1 aliphatic rings. The smallest absolute Gasteiger partial charge is 0.280 e. The highest BCUT2D eigenvalue weighted by molar-refractivity contribution is 5.76. The molecule has 0 spiro atoms. The minimum atomic E-state index is -0.290. The maximum absolute atomic E-state index is 12.7. The van der Waals surface area contributed by atoms with Gasteiger partial charge in [-0.15, -0.1) is 10.2 Å². The summed E-state index contributed by atoms with van der Waals surface area (Å²) in [5.74, 6) is 2.18. The van der Waals surface area contributed by atoms with Gasteiger partial charge in [-0.3, -0.25) is 9.59 Å². The summed E-state index contributed by atoms with van der Waals surface area (Å²) in [4.78, 5) is 25.7.